The van der Waals surface area contributed by atoms with Crippen LogP contribution in [0.5, 0.6) is 0 Å². The molecule has 6 heteroatoms. The molecule has 5 nitrogen and oxygen atoms in total. The molecule has 1 amide bonds. The maximum Gasteiger partial charge on any atom is 0.227 e. The molecule has 1 fully saturated rings. The van der Waals surface area contributed by atoms with E-state index in [2.05, 4.69) is 40.0 Å². The van der Waals surface area contributed by atoms with Gasteiger partial charge in [-0.15, -0.1) is 11.3 Å². The number of aryl methyl sites for hydroxylation is 1. The predicted octanol–water partition coefficient (Wildman–Crippen LogP) is 3.91. The van der Waals surface area contributed by atoms with E-state index < -0.39 is 0 Å². The van der Waals surface area contributed by atoms with Crippen LogP contribution < -0.4 is 16.0 Å². The molecule has 0 bridgehead atoms. The van der Waals surface area contributed by atoms with Gasteiger partial charge in [-0.3, -0.25) is 9.79 Å². The van der Waals surface area contributed by atoms with Gasteiger partial charge in [0.2, 0.25) is 5.91 Å². The van der Waals surface area contributed by atoms with Crippen molar-refractivity contribution in [3.8, 4) is 0 Å². The van der Waals surface area contributed by atoms with Crippen LogP contribution in [0.2, 0.25) is 0 Å². The van der Waals surface area contributed by atoms with Gasteiger partial charge in [-0.1, -0.05) is 25.5 Å². The molecule has 1 aromatic carbocycles. The SMILES string of the molecule is CCc1ccc(CNC(=NC)NCc2cccc(NC(=O)C3CCC3)c2)s1. The molecule has 2 aromatic rings. The summed E-state index contributed by atoms with van der Waals surface area (Å²) in [6, 6.07) is 12.3. The van der Waals surface area contributed by atoms with E-state index in [-0.39, 0.29) is 11.8 Å². The van der Waals surface area contributed by atoms with Crippen LogP contribution in [0.4, 0.5) is 5.69 Å². The first-order chi connectivity index (χ1) is 13.2. The van der Waals surface area contributed by atoms with Crippen molar-refractivity contribution in [2.45, 2.75) is 45.7 Å². The highest BCUT2D eigenvalue weighted by atomic mass is 32.1. The van der Waals surface area contributed by atoms with Crippen molar-refractivity contribution in [1.82, 2.24) is 10.6 Å². The Balaban J connectivity index is 1.48. The minimum absolute atomic E-state index is 0.145. The summed E-state index contributed by atoms with van der Waals surface area (Å²) in [4.78, 5) is 19.1. The first-order valence-corrected chi connectivity index (χ1v) is 10.4. The zero-order chi connectivity index (χ0) is 19.1. The lowest BCUT2D eigenvalue weighted by Gasteiger charge is -2.24. The Morgan fingerprint density at radius 2 is 1.93 bits per heavy atom. The summed E-state index contributed by atoms with van der Waals surface area (Å²) in [7, 11) is 1.77. The summed E-state index contributed by atoms with van der Waals surface area (Å²) >= 11 is 1.83. The number of carbonyl (C=O) groups excluding carboxylic acids is 1. The van der Waals surface area contributed by atoms with Crippen LogP contribution in [0.1, 0.15) is 41.5 Å². The summed E-state index contributed by atoms with van der Waals surface area (Å²) < 4.78 is 0. The average molecular weight is 385 g/mol. The number of hydrogen-bond acceptors (Lipinski definition) is 3. The lowest BCUT2D eigenvalue weighted by atomic mass is 9.85. The van der Waals surface area contributed by atoms with E-state index in [1.54, 1.807) is 7.05 Å². The van der Waals surface area contributed by atoms with Crippen LogP contribution in [0.25, 0.3) is 0 Å². The van der Waals surface area contributed by atoms with Crippen LogP contribution in [0, 0.1) is 5.92 Å². The van der Waals surface area contributed by atoms with Gasteiger partial charge in [-0.2, -0.15) is 0 Å². The third kappa shape index (κ3) is 5.57. The Hall–Kier alpha value is -2.34. The molecule has 1 heterocycles. The number of aliphatic imine (C=N–C) groups is 1. The molecule has 0 unspecified atom stereocenters. The largest absolute Gasteiger partial charge is 0.352 e. The number of hydrogen-bond donors (Lipinski definition) is 3. The van der Waals surface area contributed by atoms with Gasteiger partial charge in [-0.05, 0) is 49.1 Å². The average Bonchev–Trinajstić information content (AvgIpc) is 3.09. The van der Waals surface area contributed by atoms with Crippen LogP contribution in [-0.4, -0.2) is 18.9 Å². The number of carbonyl (C=O) groups is 1. The van der Waals surface area contributed by atoms with Crippen LogP contribution in [0.3, 0.4) is 0 Å². The van der Waals surface area contributed by atoms with E-state index in [1.807, 2.05) is 35.6 Å². The van der Waals surface area contributed by atoms with Crippen molar-refractivity contribution >= 4 is 28.9 Å². The molecule has 3 rings (SSSR count). The first-order valence-electron chi connectivity index (χ1n) is 9.60. The Morgan fingerprint density at radius 3 is 2.59 bits per heavy atom. The van der Waals surface area contributed by atoms with Crippen LogP contribution in [0.15, 0.2) is 41.4 Å². The summed E-state index contributed by atoms with van der Waals surface area (Å²) in [5.74, 6) is 1.11. The van der Waals surface area contributed by atoms with E-state index in [0.717, 1.165) is 43.0 Å². The van der Waals surface area contributed by atoms with Gasteiger partial charge in [0, 0.05) is 35.0 Å². The Bertz CT molecular complexity index is 795. The van der Waals surface area contributed by atoms with Crippen molar-refractivity contribution in [1.29, 1.82) is 0 Å². The Labute approximate surface area is 165 Å². The van der Waals surface area contributed by atoms with Crippen molar-refractivity contribution in [3.05, 3.63) is 51.7 Å². The topological polar surface area (TPSA) is 65.5 Å². The third-order valence-electron chi connectivity index (χ3n) is 4.85. The van der Waals surface area contributed by atoms with Gasteiger partial charge < -0.3 is 16.0 Å². The Kier molecular flexibility index (Phi) is 6.87. The van der Waals surface area contributed by atoms with Crippen LogP contribution >= 0.6 is 11.3 Å². The second kappa shape index (κ2) is 9.55. The molecule has 144 valence electrons. The smallest absolute Gasteiger partial charge is 0.227 e. The molecule has 1 saturated carbocycles. The van der Waals surface area contributed by atoms with E-state index in [4.69, 9.17) is 0 Å². The van der Waals surface area contributed by atoms with E-state index >= 15 is 0 Å². The number of nitrogens with one attached hydrogen (secondary N) is 3. The minimum atomic E-state index is 0.145. The van der Waals surface area contributed by atoms with Crippen molar-refractivity contribution < 1.29 is 4.79 Å². The highest BCUT2D eigenvalue weighted by molar-refractivity contribution is 7.11. The van der Waals surface area contributed by atoms with Gasteiger partial charge in [0.25, 0.3) is 0 Å². The van der Waals surface area contributed by atoms with E-state index in [9.17, 15) is 4.79 Å². The monoisotopic (exact) mass is 384 g/mol. The molecule has 0 aliphatic heterocycles. The summed E-state index contributed by atoms with van der Waals surface area (Å²) in [5, 5.41) is 9.71. The molecule has 1 aliphatic carbocycles. The van der Waals surface area contributed by atoms with Gasteiger partial charge in [0.1, 0.15) is 0 Å². The molecule has 1 aliphatic rings. The quantitative estimate of drug-likeness (QED) is 0.501. The minimum Gasteiger partial charge on any atom is -0.352 e. The molecular formula is C21H28N4OS. The molecule has 0 spiro atoms. The second-order valence-corrected chi connectivity index (χ2v) is 8.07. The zero-order valence-electron chi connectivity index (χ0n) is 16.0. The lowest BCUT2D eigenvalue weighted by molar-refractivity contribution is -0.122. The summed E-state index contributed by atoms with van der Waals surface area (Å²) in [6.45, 7) is 3.59. The standard InChI is InChI=1S/C21H28N4OS/c1-3-18-10-11-19(27-18)14-24-21(22-2)23-13-15-6-4-9-17(12-15)25-20(26)16-7-5-8-16/h4,6,9-12,16H,3,5,7-8,13-14H2,1-2H3,(H,25,26)(H2,22,23,24). The third-order valence-corrected chi connectivity index (χ3v) is 6.08. The van der Waals surface area contributed by atoms with Crippen molar-refractivity contribution in [3.63, 3.8) is 0 Å². The number of thiophene rings is 1. The fraction of sp³-hybridized carbons (Fsp3) is 0.429. The first kappa shape index (κ1) is 19.4. The lowest BCUT2D eigenvalue weighted by Crippen LogP contribution is -2.36. The Morgan fingerprint density at radius 1 is 1.15 bits per heavy atom. The molecule has 27 heavy (non-hydrogen) atoms. The van der Waals surface area contributed by atoms with Crippen molar-refractivity contribution in [2.24, 2.45) is 10.9 Å². The van der Waals surface area contributed by atoms with E-state index in [0.29, 0.717) is 6.54 Å². The summed E-state index contributed by atoms with van der Waals surface area (Å²) in [5.41, 5.74) is 1.97. The molecule has 0 saturated heterocycles. The molecule has 1 aromatic heterocycles. The fourth-order valence-corrected chi connectivity index (χ4v) is 3.86. The van der Waals surface area contributed by atoms with E-state index in [1.165, 1.54) is 16.2 Å². The second-order valence-electron chi connectivity index (χ2n) is 6.82. The molecule has 0 atom stereocenters. The number of rotatable bonds is 7. The number of anilines is 1. The number of nitrogens with zero attached hydrogens (tertiary/aromatic N) is 1. The number of guanidine groups is 1. The van der Waals surface area contributed by atoms with Gasteiger partial charge >= 0.3 is 0 Å². The van der Waals surface area contributed by atoms with Crippen molar-refractivity contribution in [2.75, 3.05) is 12.4 Å². The maximum absolute atomic E-state index is 12.1. The van der Waals surface area contributed by atoms with Crippen LogP contribution in [-0.2, 0) is 24.3 Å². The normalized spacial score (nSPS) is 14.5. The predicted molar refractivity (Wildman–Crippen MR) is 113 cm³/mol. The maximum atomic E-state index is 12.1. The molecular weight excluding hydrogens is 356 g/mol. The van der Waals surface area contributed by atoms with Gasteiger partial charge in [-0.25, -0.2) is 0 Å². The molecule has 3 N–H and O–H groups in total. The number of benzene rings is 1. The molecule has 0 radical (unpaired) electrons. The van der Waals surface area contributed by atoms with Gasteiger partial charge in [0.05, 0.1) is 6.54 Å². The van der Waals surface area contributed by atoms with Gasteiger partial charge in [0.15, 0.2) is 5.96 Å². The summed E-state index contributed by atoms with van der Waals surface area (Å²) in [6.07, 6.45) is 4.27. The fourth-order valence-electron chi connectivity index (χ4n) is 2.96. The zero-order valence-corrected chi connectivity index (χ0v) is 16.9. The highest BCUT2D eigenvalue weighted by Crippen LogP contribution is 2.27. The highest BCUT2D eigenvalue weighted by Gasteiger charge is 2.25. The number of amides is 1.